The fourth-order valence-corrected chi connectivity index (χ4v) is 3.67. The first kappa shape index (κ1) is 16.8. The molecule has 1 aliphatic carbocycles. The van der Waals surface area contributed by atoms with Crippen LogP contribution in [0.3, 0.4) is 0 Å². The van der Waals surface area contributed by atoms with Crippen molar-refractivity contribution in [2.24, 2.45) is 5.92 Å². The van der Waals surface area contributed by atoms with Gasteiger partial charge in [-0.25, -0.2) is 8.42 Å². The number of thiol groups is 1. The second kappa shape index (κ2) is 7.63. The van der Waals surface area contributed by atoms with Gasteiger partial charge in [0.1, 0.15) is 10.7 Å². The molecule has 0 amide bonds. The van der Waals surface area contributed by atoms with E-state index in [4.69, 9.17) is 10.5 Å². The quantitative estimate of drug-likeness (QED) is 0.476. The molecule has 2 unspecified atom stereocenters. The average Bonchev–Trinajstić information content (AvgIpc) is 2.94. The summed E-state index contributed by atoms with van der Waals surface area (Å²) < 4.78 is 26.9. The fourth-order valence-electron chi connectivity index (χ4n) is 3.10. The lowest BCUT2D eigenvalue weighted by atomic mass is 9.88. The van der Waals surface area contributed by atoms with E-state index in [1.54, 1.807) is 13.0 Å². The number of nitrogens with two attached hydrogens (primary N) is 1. The van der Waals surface area contributed by atoms with Crippen molar-refractivity contribution in [2.75, 3.05) is 12.3 Å². The Morgan fingerprint density at radius 1 is 1.36 bits per heavy atom. The molecule has 0 saturated heterocycles. The molecule has 2 atom stereocenters. The van der Waals surface area contributed by atoms with Crippen molar-refractivity contribution < 1.29 is 17.9 Å². The third-order valence-electron chi connectivity index (χ3n) is 4.30. The van der Waals surface area contributed by atoms with Gasteiger partial charge in [-0.2, -0.15) is 0 Å². The summed E-state index contributed by atoms with van der Waals surface area (Å²) >= 11 is 0. The maximum atomic E-state index is 11.3. The number of carbonyl (C=O) groups excluding carboxylic acids is 1. The summed E-state index contributed by atoms with van der Waals surface area (Å²) in [5.41, 5.74) is 8.25. The number of nitrogen functional groups attached to an aromatic ring is 1. The number of ether oxygens (including phenoxy) is 1. The van der Waals surface area contributed by atoms with E-state index < -0.39 is 10.7 Å². The predicted octanol–water partition coefficient (Wildman–Crippen LogP) is 2.22. The molecule has 1 aliphatic rings. The van der Waals surface area contributed by atoms with Gasteiger partial charge in [0.2, 0.25) is 0 Å². The maximum absolute atomic E-state index is 11.3. The highest BCUT2D eigenvalue weighted by atomic mass is 32.2. The zero-order valence-electron chi connectivity index (χ0n) is 12.8. The normalized spacial score (nSPS) is 21.2. The van der Waals surface area contributed by atoms with E-state index in [0.29, 0.717) is 36.1 Å². The van der Waals surface area contributed by atoms with Crippen LogP contribution in [0.4, 0.5) is 5.69 Å². The van der Waals surface area contributed by atoms with Crippen LogP contribution >= 0.6 is 0 Å². The summed E-state index contributed by atoms with van der Waals surface area (Å²) in [6, 6.07) is 5.62. The number of carbonyl (C=O) groups is 1. The molecule has 0 radical (unpaired) electrons. The van der Waals surface area contributed by atoms with Crippen molar-refractivity contribution in [3.05, 3.63) is 29.3 Å². The topological polar surface area (TPSA) is 86.5 Å². The Hall–Kier alpha value is -1.56. The minimum Gasteiger partial charge on any atom is -0.465 e. The molecule has 1 saturated carbocycles. The average molecular weight is 325 g/mol. The number of esters is 1. The van der Waals surface area contributed by atoms with Crippen LogP contribution in [-0.4, -0.2) is 21.0 Å². The van der Waals surface area contributed by atoms with Crippen molar-refractivity contribution in [1.29, 1.82) is 0 Å². The number of anilines is 1. The minimum atomic E-state index is -2.47. The van der Waals surface area contributed by atoms with Crippen LogP contribution in [-0.2, 0) is 26.0 Å². The Labute approximate surface area is 132 Å². The first-order chi connectivity index (χ1) is 10.5. The molecule has 22 heavy (non-hydrogen) atoms. The Bertz CT molecular complexity index is 604. The SMILES string of the molecule is CCC(=O)OCC1CCCC1c1ccc(C[SH](=O)=O)c(N)c1. The third-order valence-corrected chi connectivity index (χ3v) is 4.90. The minimum absolute atomic E-state index is 0.0242. The maximum Gasteiger partial charge on any atom is 0.305 e. The summed E-state index contributed by atoms with van der Waals surface area (Å²) in [5.74, 6) is 0.447. The van der Waals surface area contributed by atoms with E-state index in [0.717, 1.165) is 24.8 Å². The van der Waals surface area contributed by atoms with Crippen molar-refractivity contribution in [3.63, 3.8) is 0 Å². The van der Waals surface area contributed by atoms with Gasteiger partial charge in [0.05, 0.1) is 12.4 Å². The van der Waals surface area contributed by atoms with Crippen LogP contribution in [0.15, 0.2) is 18.2 Å². The number of benzene rings is 1. The number of rotatable bonds is 6. The molecular formula is C16H23NO4S. The Morgan fingerprint density at radius 3 is 2.77 bits per heavy atom. The van der Waals surface area contributed by atoms with Crippen molar-refractivity contribution in [3.8, 4) is 0 Å². The van der Waals surface area contributed by atoms with E-state index in [1.807, 2.05) is 12.1 Å². The summed E-state index contributed by atoms with van der Waals surface area (Å²) in [6.45, 7) is 2.24. The molecule has 1 aromatic carbocycles. The molecule has 0 spiro atoms. The van der Waals surface area contributed by atoms with Gasteiger partial charge in [0, 0.05) is 12.1 Å². The van der Waals surface area contributed by atoms with E-state index in [2.05, 4.69) is 0 Å². The van der Waals surface area contributed by atoms with Crippen molar-refractivity contribution in [1.82, 2.24) is 0 Å². The number of hydrogen-bond acceptors (Lipinski definition) is 5. The van der Waals surface area contributed by atoms with E-state index in [9.17, 15) is 13.2 Å². The summed E-state index contributed by atoms with van der Waals surface area (Å²) in [7, 11) is -2.47. The molecule has 0 aromatic heterocycles. The molecule has 0 bridgehead atoms. The second-order valence-electron chi connectivity index (χ2n) is 5.78. The highest BCUT2D eigenvalue weighted by Crippen LogP contribution is 2.40. The van der Waals surface area contributed by atoms with Gasteiger partial charge in [-0.1, -0.05) is 25.5 Å². The smallest absolute Gasteiger partial charge is 0.305 e. The first-order valence-corrected chi connectivity index (χ1v) is 9.03. The highest BCUT2D eigenvalue weighted by Gasteiger charge is 2.29. The zero-order valence-corrected chi connectivity index (χ0v) is 13.7. The van der Waals surface area contributed by atoms with E-state index in [1.165, 1.54) is 0 Å². The van der Waals surface area contributed by atoms with Gasteiger partial charge in [-0.15, -0.1) is 0 Å². The van der Waals surface area contributed by atoms with Crippen LogP contribution in [0.2, 0.25) is 0 Å². The van der Waals surface area contributed by atoms with E-state index in [-0.39, 0.29) is 11.7 Å². The lowest BCUT2D eigenvalue weighted by Crippen LogP contribution is -2.16. The highest BCUT2D eigenvalue weighted by molar-refractivity contribution is 7.71. The molecule has 5 nitrogen and oxygen atoms in total. The Morgan fingerprint density at radius 2 is 2.14 bits per heavy atom. The van der Waals surface area contributed by atoms with Gasteiger partial charge >= 0.3 is 5.97 Å². The monoisotopic (exact) mass is 325 g/mol. The lowest BCUT2D eigenvalue weighted by molar-refractivity contribution is -0.144. The van der Waals surface area contributed by atoms with Crippen molar-refractivity contribution in [2.45, 2.75) is 44.3 Å². The van der Waals surface area contributed by atoms with Crippen LogP contribution in [0, 0.1) is 5.92 Å². The molecule has 0 aliphatic heterocycles. The fraction of sp³-hybridized carbons (Fsp3) is 0.562. The van der Waals surface area contributed by atoms with Gasteiger partial charge in [0.25, 0.3) is 0 Å². The molecule has 6 heteroatoms. The molecule has 1 fully saturated rings. The molecular weight excluding hydrogens is 302 g/mol. The van der Waals surface area contributed by atoms with Gasteiger partial charge in [-0.3, -0.25) is 4.79 Å². The predicted molar refractivity (Wildman–Crippen MR) is 86.2 cm³/mol. The molecule has 2 rings (SSSR count). The van der Waals surface area contributed by atoms with Crippen LogP contribution in [0.25, 0.3) is 0 Å². The molecule has 0 heterocycles. The summed E-state index contributed by atoms with van der Waals surface area (Å²) in [6.07, 6.45) is 3.58. The molecule has 1 aromatic rings. The van der Waals surface area contributed by atoms with Crippen LogP contribution < -0.4 is 5.73 Å². The third kappa shape index (κ3) is 4.22. The zero-order chi connectivity index (χ0) is 16.1. The molecule has 122 valence electrons. The largest absolute Gasteiger partial charge is 0.465 e. The molecule has 2 N–H and O–H groups in total. The van der Waals surface area contributed by atoms with Crippen molar-refractivity contribution >= 4 is 22.4 Å². The summed E-state index contributed by atoms with van der Waals surface area (Å²) in [5, 5.41) is 0. The van der Waals surface area contributed by atoms with Gasteiger partial charge < -0.3 is 10.5 Å². The second-order valence-corrected chi connectivity index (χ2v) is 6.76. The van der Waals surface area contributed by atoms with Gasteiger partial charge in [-0.05, 0) is 41.9 Å². The Kier molecular flexibility index (Phi) is 5.83. The standard InChI is InChI=1S/C16H23NO4S/c1-2-16(18)21-9-12-4-3-5-14(12)11-6-7-13(10-22(19)20)15(17)8-11/h6-8,12,14,22H,2-5,9-10,17H2,1H3. The lowest BCUT2D eigenvalue weighted by Gasteiger charge is -2.20. The summed E-state index contributed by atoms with van der Waals surface area (Å²) in [4.78, 5) is 11.3. The first-order valence-electron chi connectivity index (χ1n) is 7.67. The van der Waals surface area contributed by atoms with Crippen LogP contribution in [0.1, 0.15) is 49.7 Å². The Balaban J connectivity index is 2.09. The number of hydrogen-bond donors (Lipinski definition) is 2. The van der Waals surface area contributed by atoms with Crippen LogP contribution in [0.5, 0.6) is 0 Å². The van der Waals surface area contributed by atoms with Gasteiger partial charge in [0.15, 0.2) is 0 Å². The van der Waals surface area contributed by atoms with E-state index >= 15 is 0 Å².